The Morgan fingerprint density at radius 3 is 2.95 bits per heavy atom. The van der Waals surface area contributed by atoms with Crippen LogP contribution in [-0.2, 0) is 4.79 Å². The molecule has 6 nitrogen and oxygen atoms in total. The summed E-state index contributed by atoms with van der Waals surface area (Å²) in [6, 6.07) is 6.83. The first-order valence-electron chi connectivity index (χ1n) is 6.58. The van der Waals surface area contributed by atoms with Crippen molar-refractivity contribution in [3.8, 4) is 5.75 Å². The van der Waals surface area contributed by atoms with Gasteiger partial charge >= 0.3 is 12.0 Å². The van der Waals surface area contributed by atoms with Crippen LogP contribution in [0.1, 0.15) is 19.8 Å². The van der Waals surface area contributed by atoms with Crippen LogP contribution in [0, 0.1) is 0 Å². The zero-order chi connectivity index (χ0) is 14.5. The molecule has 1 aromatic rings. The number of carbonyl (C=O) groups is 2. The van der Waals surface area contributed by atoms with Crippen LogP contribution >= 0.6 is 0 Å². The molecule has 0 spiro atoms. The smallest absolute Gasteiger partial charge is 0.341 e. The second kappa shape index (κ2) is 6.27. The molecule has 1 aliphatic rings. The van der Waals surface area contributed by atoms with Gasteiger partial charge in [0.05, 0.1) is 0 Å². The van der Waals surface area contributed by atoms with E-state index in [9.17, 15) is 9.59 Å². The summed E-state index contributed by atoms with van der Waals surface area (Å²) >= 11 is 0. The fourth-order valence-electron chi connectivity index (χ4n) is 2.24. The summed E-state index contributed by atoms with van der Waals surface area (Å²) in [4.78, 5) is 24.3. The Hall–Kier alpha value is -2.24. The number of carbonyl (C=O) groups excluding carboxylic acids is 1. The molecule has 0 aromatic heterocycles. The number of ether oxygens (including phenoxy) is 1. The van der Waals surface area contributed by atoms with E-state index in [4.69, 9.17) is 9.84 Å². The van der Waals surface area contributed by atoms with Crippen LogP contribution in [0.5, 0.6) is 5.75 Å². The standard InChI is InChI=1S/C14H18N2O4/c1-10-4-3-7-16(10)14(19)15-11-5-2-6-12(8-11)20-9-13(17)18/h2,5-6,8,10H,3-4,7,9H2,1H3,(H,15,19)(H,17,18). The molecule has 1 heterocycles. The lowest BCUT2D eigenvalue weighted by atomic mass is 10.2. The summed E-state index contributed by atoms with van der Waals surface area (Å²) in [6.07, 6.45) is 2.05. The number of benzene rings is 1. The van der Waals surface area contributed by atoms with Crippen LogP contribution in [0.15, 0.2) is 24.3 Å². The maximum Gasteiger partial charge on any atom is 0.341 e. The van der Waals surface area contributed by atoms with E-state index < -0.39 is 12.6 Å². The van der Waals surface area contributed by atoms with E-state index in [1.165, 1.54) is 0 Å². The highest BCUT2D eigenvalue weighted by Crippen LogP contribution is 2.20. The number of nitrogens with one attached hydrogen (secondary N) is 1. The van der Waals surface area contributed by atoms with Crippen molar-refractivity contribution in [3.63, 3.8) is 0 Å². The highest BCUT2D eigenvalue weighted by molar-refractivity contribution is 5.89. The van der Waals surface area contributed by atoms with E-state index in [1.54, 1.807) is 29.2 Å². The number of rotatable bonds is 4. The number of aliphatic carboxylic acids is 1. The van der Waals surface area contributed by atoms with Crippen LogP contribution in [-0.4, -0.2) is 41.2 Å². The average molecular weight is 278 g/mol. The number of urea groups is 1. The molecule has 0 radical (unpaired) electrons. The molecule has 2 N–H and O–H groups in total. The molecule has 108 valence electrons. The van der Waals surface area contributed by atoms with E-state index in [0.717, 1.165) is 19.4 Å². The van der Waals surface area contributed by atoms with Crippen molar-refractivity contribution in [3.05, 3.63) is 24.3 Å². The van der Waals surface area contributed by atoms with Gasteiger partial charge in [0.1, 0.15) is 5.75 Å². The quantitative estimate of drug-likeness (QED) is 0.884. The molecule has 1 fully saturated rings. The third-order valence-electron chi connectivity index (χ3n) is 3.26. The highest BCUT2D eigenvalue weighted by Gasteiger charge is 2.24. The zero-order valence-electron chi connectivity index (χ0n) is 11.3. The van der Waals surface area contributed by atoms with Gasteiger partial charge in [-0.15, -0.1) is 0 Å². The Labute approximate surface area is 117 Å². The van der Waals surface area contributed by atoms with Gasteiger partial charge in [0.25, 0.3) is 0 Å². The molecule has 0 aliphatic carbocycles. The molecule has 1 unspecified atom stereocenters. The Bertz CT molecular complexity index is 504. The molecule has 0 bridgehead atoms. The lowest BCUT2D eigenvalue weighted by Crippen LogP contribution is -2.37. The lowest BCUT2D eigenvalue weighted by molar-refractivity contribution is -0.139. The van der Waals surface area contributed by atoms with Gasteiger partial charge in [-0.2, -0.15) is 0 Å². The number of likely N-dealkylation sites (tertiary alicyclic amines) is 1. The molecule has 20 heavy (non-hydrogen) atoms. The fraction of sp³-hybridized carbons (Fsp3) is 0.429. The zero-order valence-corrected chi connectivity index (χ0v) is 11.3. The normalized spacial score (nSPS) is 17.9. The van der Waals surface area contributed by atoms with Crippen molar-refractivity contribution >= 4 is 17.7 Å². The van der Waals surface area contributed by atoms with Crippen molar-refractivity contribution in [1.29, 1.82) is 0 Å². The fourth-order valence-corrected chi connectivity index (χ4v) is 2.24. The number of anilines is 1. The third kappa shape index (κ3) is 3.63. The minimum atomic E-state index is -1.04. The van der Waals surface area contributed by atoms with E-state index in [2.05, 4.69) is 5.32 Å². The number of amides is 2. The summed E-state index contributed by atoms with van der Waals surface area (Å²) in [5, 5.41) is 11.4. The number of hydrogen-bond donors (Lipinski definition) is 2. The van der Waals surface area contributed by atoms with Gasteiger partial charge < -0.3 is 20.1 Å². The number of hydrogen-bond acceptors (Lipinski definition) is 3. The predicted octanol–water partition coefficient (Wildman–Crippen LogP) is 2.17. The van der Waals surface area contributed by atoms with Gasteiger partial charge in [0.2, 0.25) is 0 Å². The lowest BCUT2D eigenvalue weighted by Gasteiger charge is -2.21. The summed E-state index contributed by atoms with van der Waals surface area (Å²) in [6.45, 7) is 2.39. The van der Waals surface area contributed by atoms with E-state index >= 15 is 0 Å². The monoisotopic (exact) mass is 278 g/mol. The van der Waals surface area contributed by atoms with Gasteiger partial charge in [0.15, 0.2) is 6.61 Å². The molecular weight excluding hydrogens is 260 g/mol. The minimum absolute atomic E-state index is 0.134. The predicted molar refractivity (Wildman–Crippen MR) is 74.0 cm³/mol. The SMILES string of the molecule is CC1CCCN1C(=O)Nc1cccc(OCC(=O)O)c1. The maximum absolute atomic E-state index is 12.1. The van der Waals surface area contributed by atoms with Crippen LogP contribution in [0.25, 0.3) is 0 Å². The highest BCUT2D eigenvalue weighted by atomic mass is 16.5. The number of nitrogens with zero attached hydrogens (tertiary/aromatic N) is 1. The minimum Gasteiger partial charge on any atom is -0.482 e. The molecule has 1 aromatic carbocycles. The average Bonchev–Trinajstić information content (AvgIpc) is 2.83. The second-order valence-electron chi connectivity index (χ2n) is 4.83. The summed E-state index contributed by atoms with van der Waals surface area (Å²) in [5.74, 6) is -0.620. The molecule has 6 heteroatoms. The van der Waals surface area contributed by atoms with Crippen molar-refractivity contribution < 1.29 is 19.4 Å². The van der Waals surface area contributed by atoms with Crippen LogP contribution in [0.2, 0.25) is 0 Å². The Morgan fingerprint density at radius 1 is 1.50 bits per heavy atom. The number of carboxylic acids is 1. The van der Waals surface area contributed by atoms with E-state index in [0.29, 0.717) is 11.4 Å². The van der Waals surface area contributed by atoms with Crippen molar-refractivity contribution in [1.82, 2.24) is 4.90 Å². The Morgan fingerprint density at radius 2 is 2.30 bits per heavy atom. The summed E-state index contributed by atoms with van der Waals surface area (Å²) in [7, 11) is 0. The van der Waals surface area contributed by atoms with E-state index in [-0.39, 0.29) is 12.1 Å². The van der Waals surface area contributed by atoms with Gasteiger partial charge in [-0.3, -0.25) is 0 Å². The molecule has 1 aliphatic heterocycles. The Balaban J connectivity index is 1.96. The van der Waals surface area contributed by atoms with Gasteiger partial charge in [-0.1, -0.05) is 6.07 Å². The largest absolute Gasteiger partial charge is 0.482 e. The topological polar surface area (TPSA) is 78.9 Å². The molecule has 1 atom stereocenters. The molecule has 2 rings (SSSR count). The van der Waals surface area contributed by atoms with Crippen molar-refractivity contribution in [2.24, 2.45) is 0 Å². The van der Waals surface area contributed by atoms with Crippen LogP contribution in [0.3, 0.4) is 0 Å². The van der Waals surface area contributed by atoms with Gasteiger partial charge in [-0.25, -0.2) is 9.59 Å². The molecule has 1 saturated heterocycles. The van der Waals surface area contributed by atoms with Gasteiger partial charge in [-0.05, 0) is 31.9 Å². The first-order chi connectivity index (χ1) is 9.56. The first kappa shape index (κ1) is 14.2. The first-order valence-corrected chi connectivity index (χ1v) is 6.58. The van der Waals surface area contributed by atoms with Crippen LogP contribution < -0.4 is 10.1 Å². The molecule has 0 saturated carbocycles. The van der Waals surface area contributed by atoms with E-state index in [1.807, 2.05) is 6.92 Å². The maximum atomic E-state index is 12.1. The molecule has 2 amide bonds. The Kier molecular flexibility index (Phi) is 4.45. The molecular formula is C14H18N2O4. The van der Waals surface area contributed by atoms with Crippen molar-refractivity contribution in [2.75, 3.05) is 18.5 Å². The number of carboxylic acid groups (broad SMARTS) is 1. The summed E-state index contributed by atoms with van der Waals surface area (Å²) in [5.41, 5.74) is 0.594. The third-order valence-corrected chi connectivity index (χ3v) is 3.26. The van der Waals surface area contributed by atoms with Crippen molar-refractivity contribution in [2.45, 2.75) is 25.8 Å². The van der Waals surface area contributed by atoms with Crippen LogP contribution in [0.4, 0.5) is 10.5 Å². The summed E-state index contributed by atoms with van der Waals surface area (Å²) < 4.78 is 5.07. The van der Waals surface area contributed by atoms with Gasteiger partial charge in [0, 0.05) is 24.3 Å². The second-order valence-corrected chi connectivity index (χ2v) is 4.83.